The van der Waals surface area contributed by atoms with E-state index < -0.39 is 0 Å². The number of hydrogen-bond donors (Lipinski definition) is 1. The molecule has 1 atom stereocenters. The smallest absolute Gasteiger partial charge is 0.243 e. The number of hydrogen-bond acceptors (Lipinski definition) is 5. The largest absolute Gasteiger partial charge is 0.497 e. The third-order valence-electron chi connectivity index (χ3n) is 2.37. The maximum Gasteiger partial charge on any atom is 0.243 e. The van der Waals surface area contributed by atoms with Gasteiger partial charge in [0.05, 0.1) is 13.2 Å². The molecule has 0 amide bonds. The standard InChI is InChI=1S/C12H15N3O2/c1-8(13)12-14-11(15-17-12)7-9-4-3-5-10(6-9)16-2/h3-6,8H,7,13H2,1-2H3. The van der Waals surface area contributed by atoms with Gasteiger partial charge in [0, 0.05) is 6.42 Å². The van der Waals surface area contributed by atoms with E-state index in [1.807, 2.05) is 31.2 Å². The second kappa shape index (κ2) is 4.97. The Bertz CT molecular complexity index is 494. The Kier molecular flexibility index (Phi) is 3.39. The number of benzene rings is 1. The van der Waals surface area contributed by atoms with Gasteiger partial charge in [-0.05, 0) is 24.6 Å². The summed E-state index contributed by atoms with van der Waals surface area (Å²) >= 11 is 0. The van der Waals surface area contributed by atoms with Crippen LogP contribution in [0.5, 0.6) is 5.75 Å². The summed E-state index contributed by atoms with van der Waals surface area (Å²) < 4.78 is 10.2. The zero-order chi connectivity index (χ0) is 12.3. The summed E-state index contributed by atoms with van der Waals surface area (Å²) in [7, 11) is 1.64. The van der Waals surface area contributed by atoms with E-state index >= 15 is 0 Å². The van der Waals surface area contributed by atoms with Crippen molar-refractivity contribution in [3.05, 3.63) is 41.5 Å². The van der Waals surface area contributed by atoms with Crippen LogP contribution in [0.2, 0.25) is 0 Å². The Morgan fingerprint density at radius 1 is 1.47 bits per heavy atom. The van der Waals surface area contributed by atoms with Gasteiger partial charge in [-0.1, -0.05) is 17.3 Å². The summed E-state index contributed by atoms with van der Waals surface area (Å²) in [5, 5.41) is 3.88. The van der Waals surface area contributed by atoms with E-state index in [1.54, 1.807) is 7.11 Å². The predicted octanol–water partition coefficient (Wildman–Crippen LogP) is 1.69. The zero-order valence-electron chi connectivity index (χ0n) is 9.88. The molecule has 1 heterocycles. The Labute approximate surface area is 99.6 Å². The maximum absolute atomic E-state index is 5.65. The summed E-state index contributed by atoms with van der Waals surface area (Å²) in [6.07, 6.45) is 0.605. The Morgan fingerprint density at radius 3 is 2.94 bits per heavy atom. The van der Waals surface area contributed by atoms with Crippen molar-refractivity contribution >= 4 is 0 Å². The van der Waals surface area contributed by atoms with E-state index in [1.165, 1.54) is 0 Å². The highest BCUT2D eigenvalue weighted by Gasteiger charge is 2.10. The van der Waals surface area contributed by atoms with Crippen LogP contribution in [0.25, 0.3) is 0 Å². The molecule has 0 spiro atoms. The normalized spacial score (nSPS) is 12.4. The van der Waals surface area contributed by atoms with Crippen molar-refractivity contribution in [2.45, 2.75) is 19.4 Å². The van der Waals surface area contributed by atoms with Gasteiger partial charge in [0.15, 0.2) is 5.82 Å². The number of rotatable bonds is 4. The molecule has 2 rings (SSSR count). The van der Waals surface area contributed by atoms with E-state index in [4.69, 9.17) is 15.0 Å². The first-order valence-electron chi connectivity index (χ1n) is 5.40. The molecule has 1 aromatic heterocycles. The Hall–Kier alpha value is -1.88. The number of ether oxygens (including phenoxy) is 1. The van der Waals surface area contributed by atoms with Gasteiger partial charge in [-0.25, -0.2) is 0 Å². The van der Waals surface area contributed by atoms with E-state index in [0.717, 1.165) is 11.3 Å². The predicted molar refractivity (Wildman–Crippen MR) is 62.7 cm³/mol. The first kappa shape index (κ1) is 11.6. The molecule has 0 bridgehead atoms. The van der Waals surface area contributed by atoms with E-state index in [9.17, 15) is 0 Å². The van der Waals surface area contributed by atoms with Crippen LogP contribution < -0.4 is 10.5 Å². The van der Waals surface area contributed by atoms with Crippen LogP contribution >= 0.6 is 0 Å². The van der Waals surface area contributed by atoms with Crippen molar-refractivity contribution < 1.29 is 9.26 Å². The number of nitrogens with two attached hydrogens (primary N) is 1. The topological polar surface area (TPSA) is 74.2 Å². The molecule has 0 aliphatic heterocycles. The molecular formula is C12H15N3O2. The molecule has 0 saturated heterocycles. The summed E-state index contributed by atoms with van der Waals surface area (Å²) in [5.74, 6) is 1.91. The molecule has 1 aromatic carbocycles. The highest BCUT2D eigenvalue weighted by Crippen LogP contribution is 2.15. The van der Waals surface area contributed by atoms with Gasteiger partial charge in [-0.3, -0.25) is 0 Å². The molecule has 0 aliphatic rings. The SMILES string of the molecule is COc1cccc(Cc2noc(C(C)N)n2)c1. The molecule has 1 unspecified atom stereocenters. The summed E-state index contributed by atoms with van der Waals surface area (Å²) in [6.45, 7) is 1.81. The first-order valence-corrected chi connectivity index (χ1v) is 5.40. The van der Waals surface area contributed by atoms with Gasteiger partial charge in [0.1, 0.15) is 5.75 Å². The summed E-state index contributed by atoms with van der Waals surface area (Å²) in [4.78, 5) is 4.22. The number of aromatic nitrogens is 2. The van der Waals surface area contributed by atoms with Crippen molar-refractivity contribution in [3.63, 3.8) is 0 Å². The fourth-order valence-electron chi connectivity index (χ4n) is 1.49. The maximum atomic E-state index is 5.65. The van der Waals surface area contributed by atoms with Crippen LogP contribution in [0.4, 0.5) is 0 Å². The monoisotopic (exact) mass is 233 g/mol. The molecule has 0 fully saturated rings. The second-order valence-corrected chi connectivity index (χ2v) is 3.87. The molecule has 90 valence electrons. The molecular weight excluding hydrogens is 218 g/mol. The minimum Gasteiger partial charge on any atom is -0.497 e. The average Bonchev–Trinajstić information content (AvgIpc) is 2.78. The quantitative estimate of drug-likeness (QED) is 0.869. The van der Waals surface area contributed by atoms with Gasteiger partial charge in [0.25, 0.3) is 0 Å². The average molecular weight is 233 g/mol. The molecule has 0 saturated carbocycles. The van der Waals surface area contributed by atoms with Crippen molar-refractivity contribution in [1.82, 2.24) is 10.1 Å². The summed E-state index contributed by atoms with van der Waals surface area (Å²) in [6, 6.07) is 7.53. The molecule has 2 aromatic rings. The van der Waals surface area contributed by atoms with Crippen molar-refractivity contribution in [2.24, 2.45) is 5.73 Å². The Morgan fingerprint density at radius 2 is 2.29 bits per heavy atom. The van der Waals surface area contributed by atoms with Crippen LogP contribution in [0, 0.1) is 0 Å². The molecule has 0 radical (unpaired) electrons. The van der Waals surface area contributed by atoms with Gasteiger partial charge in [0.2, 0.25) is 5.89 Å². The molecule has 5 heteroatoms. The fraction of sp³-hybridized carbons (Fsp3) is 0.333. The van der Waals surface area contributed by atoms with Crippen LogP contribution in [-0.2, 0) is 6.42 Å². The molecule has 5 nitrogen and oxygen atoms in total. The van der Waals surface area contributed by atoms with Crippen molar-refractivity contribution in [2.75, 3.05) is 7.11 Å². The minimum absolute atomic E-state index is 0.235. The van der Waals surface area contributed by atoms with E-state index in [-0.39, 0.29) is 6.04 Å². The van der Waals surface area contributed by atoms with E-state index in [0.29, 0.717) is 18.1 Å². The number of nitrogens with zero attached hydrogens (tertiary/aromatic N) is 2. The third-order valence-corrected chi connectivity index (χ3v) is 2.37. The minimum atomic E-state index is -0.235. The van der Waals surface area contributed by atoms with E-state index in [2.05, 4.69) is 10.1 Å². The van der Waals surface area contributed by atoms with Gasteiger partial charge in [-0.15, -0.1) is 0 Å². The lowest BCUT2D eigenvalue weighted by Gasteiger charge is -2.01. The first-order chi connectivity index (χ1) is 8.19. The van der Waals surface area contributed by atoms with Crippen molar-refractivity contribution in [3.8, 4) is 5.75 Å². The summed E-state index contributed by atoms with van der Waals surface area (Å²) in [5.41, 5.74) is 6.72. The Balaban J connectivity index is 2.13. The number of methoxy groups -OCH3 is 1. The van der Waals surface area contributed by atoms with Crippen LogP contribution in [0.1, 0.15) is 30.2 Å². The molecule has 0 aliphatic carbocycles. The third kappa shape index (κ3) is 2.82. The zero-order valence-corrected chi connectivity index (χ0v) is 9.88. The highest BCUT2D eigenvalue weighted by molar-refractivity contribution is 5.30. The van der Waals surface area contributed by atoms with Crippen LogP contribution in [0.15, 0.2) is 28.8 Å². The lowest BCUT2D eigenvalue weighted by molar-refractivity contribution is 0.357. The highest BCUT2D eigenvalue weighted by atomic mass is 16.5. The lowest BCUT2D eigenvalue weighted by atomic mass is 10.1. The van der Waals surface area contributed by atoms with Crippen molar-refractivity contribution in [1.29, 1.82) is 0 Å². The van der Waals surface area contributed by atoms with Crippen LogP contribution in [-0.4, -0.2) is 17.3 Å². The van der Waals surface area contributed by atoms with Gasteiger partial charge < -0.3 is 15.0 Å². The lowest BCUT2D eigenvalue weighted by Crippen LogP contribution is -2.05. The van der Waals surface area contributed by atoms with Crippen LogP contribution in [0.3, 0.4) is 0 Å². The fourth-order valence-corrected chi connectivity index (χ4v) is 1.49. The molecule has 2 N–H and O–H groups in total. The van der Waals surface area contributed by atoms with Gasteiger partial charge >= 0.3 is 0 Å². The van der Waals surface area contributed by atoms with Gasteiger partial charge in [-0.2, -0.15) is 4.98 Å². The molecule has 17 heavy (non-hydrogen) atoms. The second-order valence-electron chi connectivity index (χ2n) is 3.87.